The van der Waals surface area contributed by atoms with Gasteiger partial charge in [-0.1, -0.05) is 31.2 Å². The molecule has 2 aromatic carbocycles. The van der Waals surface area contributed by atoms with E-state index in [-0.39, 0.29) is 13.0 Å². The van der Waals surface area contributed by atoms with Crippen LogP contribution in [0.15, 0.2) is 48.5 Å². The van der Waals surface area contributed by atoms with Gasteiger partial charge in [0.25, 0.3) is 0 Å². The normalized spacial score (nSPS) is 12.5. The molecule has 0 fully saturated rings. The van der Waals surface area contributed by atoms with E-state index in [4.69, 9.17) is 14.6 Å². The van der Waals surface area contributed by atoms with Crippen molar-refractivity contribution in [2.45, 2.75) is 38.7 Å². The summed E-state index contributed by atoms with van der Waals surface area (Å²) in [5, 5.41) is 9.72. The van der Waals surface area contributed by atoms with Gasteiger partial charge in [0.15, 0.2) is 6.10 Å². The van der Waals surface area contributed by atoms with Crippen LogP contribution < -0.4 is 4.74 Å². The number of methoxy groups -OCH3 is 1. The molecule has 0 aliphatic rings. The van der Waals surface area contributed by atoms with Crippen LogP contribution in [-0.4, -0.2) is 29.3 Å². The monoisotopic (exact) mass is 465 g/mol. The summed E-state index contributed by atoms with van der Waals surface area (Å²) < 4.78 is 49.2. The van der Waals surface area contributed by atoms with Crippen molar-refractivity contribution in [1.29, 1.82) is 0 Å². The zero-order chi connectivity index (χ0) is 23.3. The van der Waals surface area contributed by atoms with Gasteiger partial charge in [0.1, 0.15) is 17.4 Å². The average Bonchev–Trinajstić information content (AvgIpc) is 3.19. The van der Waals surface area contributed by atoms with Gasteiger partial charge in [-0.05, 0) is 36.2 Å². The number of hydrogen-bond acceptors (Lipinski definition) is 5. The second kappa shape index (κ2) is 10.1. The number of rotatable bonds is 9. The van der Waals surface area contributed by atoms with Gasteiger partial charge in [-0.25, -0.2) is 9.78 Å². The van der Waals surface area contributed by atoms with Crippen molar-refractivity contribution in [2.75, 3.05) is 7.11 Å². The molecule has 3 aromatic rings. The number of alkyl halides is 3. The van der Waals surface area contributed by atoms with Crippen LogP contribution in [0.2, 0.25) is 0 Å². The lowest BCUT2D eigenvalue weighted by Crippen LogP contribution is -2.24. The number of nitrogens with zero attached hydrogens (tertiary/aromatic N) is 1. The highest BCUT2D eigenvalue weighted by Gasteiger charge is 2.30. The zero-order valence-electron chi connectivity index (χ0n) is 17.5. The van der Waals surface area contributed by atoms with Crippen LogP contribution in [0.1, 0.15) is 28.6 Å². The predicted octanol–water partition coefficient (Wildman–Crippen LogP) is 5.61. The van der Waals surface area contributed by atoms with Crippen LogP contribution in [0.3, 0.4) is 0 Å². The summed E-state index contributed by atoms with van der Waals surface area (Å²) in [6.45, 7) is 2.23. The highest BCUT2D eigenvalue weighted by Crippen LogP contribution is 2.33. The third-order valence-corrected chi connectivity index (χ3v) is 5.97. The Hall–Kier alpha value is -2.91. The van der Waals surface area contributed by atoms with Gasteiger partial charge < -0.3 is 14.6 Å². The number of ether oxygens (including phenoxy) is 2. The summed E-state index contributed by atoms with van der Waals surface area (Å²) >= 11 is 1.39. The van der Waals surface area contributed by atoms with E-state index in [1.54, 1.807) is 24.3 Å². The number of carboxylic acids is 1. The van der Waals surface area contributed by atoms with E-state index in [9.17, 15) is 18.0 Å². The molecule has 9 heteroatoms. The Kier molecular flexibility index (Phi) is 7.52. The van der Waals surface area contributed by atoms with Crippen LogP contribution in [0.5, 0.6) is 5.75 Å². The van der Waals surface area contributed by atoms with Gasteiger partial charge in [0.05, 0.1) is 16.1 Å². The fraction of sp³-hybridized carbons (Fsp3) is 0.304. The van der Waals surface area contributed by atoms with E-state index in [1.165, 1.54) is 30.6 Å². The predicted molar refractivity (Wildman–Crippen MR) is 115 cm³/mol. The third-order valence-electron chi connectivity index (χ3n) is 4.85. The van der Waals surface area contributed by atoms with Crippen molar-refractivity contribution in [3.05, 3.63) is 70.2 Å². The van der Waals surface area contributed by atoms with E-state index in [0.717, 1.165) is 28.3 Å². The van der Waals surface area contributed by atoms with Crippen LogP contribution in [0.4, 0.5) is 13.2 Å². The number of aliphatic carboxylic acids is 1. The lowest BCUT2D eigenvalue weighted by Gasteiger charge is -2.11. The molecule has 1 atom stereocenters. The average molecular weight is 465 g/mol. The first-order valence-corrected chi connectivity index (χ1v) is 10.7. The first-order chi connectivity index (χ1) is 15.2. The molecule has 0 spiro atoms. The van der Waals surface area contributed by atoms with Crippen molar-refractivity contribution in [2.24, 2.45) is 0 Å². The number of aromatic nitrogens is 1. The SMILES string of the molecule is CCc1nc(-c2ccc(C(F)(F)F)cc2)sc1COc1ccc(C[C@@H](OC)C(=O)O)cc1. The number of thiazole rings is 1. The van der Waals surface area contributed by atoms with Crippen LogP contribution in [-0.2, 0) is 35.2 Å². The number of hydrogen-bond donors (Lipinski definition) is 1. The standard InChI is InChI=1S/C23H22F3NO4S/c1-3-18-20(32-21(27-18)15-6-8-16(9-7-15)23(24,25)26)13-31-17-10-4-14(5-11-17)12-19(30-2)22(28)29/h4-11,19H,3,12-13H2,1-2H3,(H,28,29)/t19-/m1/s1. The molecular weight excluding hydrogens is 443 g/mol. The Morgan fingerprint density at radius 1 is 1.12 bits per heavy atom. The Balaban J connectivity index is 1.68. The summed E-state index contributed by atoms with van der Waals surface area (Å²) in [7, 11) is 1.36. The van der Waals surface area contributed by atoms with Crippen molar-refractivity contribution in [1.82, 2.24) is 4.98 Å². The molecule has 1 N–H and O–H groups in total. The van der Waals surface area contributed by atoms with E-state index in [1.807, 2.05) is 6.92 Å². The molecule has 3 rings (SSSR count). The molecule has 0 amide bonds. The molecule has 170 valence electrons. The van der Waals surface area contributed by atoms with Crippen molar-refractivity contribution in [3.8, 4) is 16.3 Å². The number of halogens is 3. The highest BCUT2D eigenvalue weighted by atomic mass is 32.1. The van der Waals surface area contributed by atoms with Crippen LogP contribution in [0.25, 0.3) is 10.6 Å². The Morgan fingerprint density at radius 2 is 1.78 bits per heavy atom. The molecular formula is C23H22F3NO4S. The molecule has 32 heavy (non-hydrogen) atoms. The van der Waals surface area contributed by atoms with Crippen LogP contribution >= 0.6 is 11.3 Å². The van der Waals surface area contributed by atoms with Gasteiger partial charge in [-0.2, -0.15) is 13.2 Å². The van der Waals surface area contributed by atoms with Crippen molar-refractivity contribution < 1.29 is 32.5 Å². The summed E-state index contributed by atoms with van der Waals surface area (Å²) in [5.41, 5.74) is 1.58. The van der Waals surface area contributed by atoms with Crippen molar-refractivity contribution in [3.63, 3.8) is 0 Å². The van der Waals surface area contributed by atoms with Gasteiger partial charge in [0.2, 0.25) is 0 Å². The largest absolute Gasteiger partial charge is 0.488 e. The molecule has 1 heterocycles. The number of benzene rings is 2. The fourth-order valence-electron chi connectivity index (χ4n) is 3.05. The lowest BCUT2D eigenvalue weighted by atomic mass is 10.1. The lowest BCUT2D eigenvalue weighted by molar-refractivity contribution is -0.148. The summed E-state index contributed by atoms with van der Waals surface area (Å²) in [6, 6.07) is 12.0. The Bertz CT molecular complexity index is 1050. The maximum Gasteiger partial charge on any atom is 0.416 e. The topological polar surface area (TPSA) is 68.7 Å². The second-order valence-electron chi connectivity index (χ2n) is 7.02. The van der Waals surface area contributed by atoms with Crippen molar-refractivity contribution >= 4 is 17.3 Å². The first-order valence-electron chi connectivity index (χ1n) is 9.84. The molecule has 0 aliphatic heterocycles. The number of carboxylic acid groups (broad SMARTS) is 1. The molecule has 0 saturated carbocycles. The van der Waals surface area contributed by atoms with Gasteiger partial charge in [-0.3, -0.25) is 0 Å². The van der Waals surface area contributed by atoms with E-state index >= 15 is 0 Å². The zero-order valence-corrected chi connectivity index (χ0v) is 18.3. The minimum atomic E-state index is -4.37. The van der Waals surface area contributed by atoms with Gasteiger partial charge >= 0.3 is 12.1 Å². The highest BCUT2D eigenvalue weighted by molar-refractivity contribution is 7.15. The quantitative estimate of drug-likeness (QED) is 0.445. The molecule has 1 aromatic heterocycles. The van der Waals surface area contributed by atoms with E-state index < -0.39 is 23.8 Å². The summed E-state index contributed by atoms with van der Waals surface area (Å²) in [4.78, 5) is 16.5. The minimum Gasteiger partial charge on any atom is -0.488 e. The molecule has 0 saturated heterocycles. The Labute approximate surface area is 187 Å². The minimum absolute atomic E-state index is 0.247. The maximum absolute atomic E-state index is 12.8. The summed E-state index contributed by atoms with van der Waals surface area (Å²) in [5.74, 6) is -0.404. The Morgan fingerprint density at radius 3 is 2.31 bits per heavy atom. The maximum atomic E-state index is 12.8. The molecule has 0 aliphatic carbocycles. The van der Waals surface area contributed by atoms with Gasteiger partial charge in [-0.15, -0.1) is 11.3 Å². The molecule has 0 bridgehead atoms. The number of aryl methyl sites for hydroxylation is 1. The second-order valence-corrected chi connectivity index (χ2v) is 8.10. The van der Waals surface area contributed by atoms with Crippen LogP contribution in [0, 0.1) is 0 Å². The van der Waals surface area contributed by atoms with E-state index in [2.05, 4.69) is 4.98 Å². The summed E-state index contributed by atoms with van der Waals surface area (Å²) in [6.07, 6.45) is -4.36. The molecule has 5 nitrogen and oxygen atoms in total. The van der Waals surface area contributed by atoms with Gasteiger partial charge in [0, 0.05) is 19.1 Å². The first kappa shape index (κ1) is 23.7. The fourth-order valence-corrected chi connectivity index (χ4v) is 4.12. The third kappa shape index (κ3) is 5.86. The molecule has 0 radical (unpaired) electrons. The molecule has 0 unspecified atom stereocenters. The smallest absolute Gasteiger partial charge is 0.416 e. The number of carbonyl (C=O) groups is 1. The van der Waals surface area contributed by atoms with E-state index in [0.29, 0.717) is 22.7 Å².